The van der Waals surface area contributed by atoms with Crippen LogP contribution in [-0.4, -0.2) is 50.1 Å². The van der Waals surface area contributed by atoms with Gasteiger partial charge in [-0.15, -0.1) is 0 Å². The fourth-order valence-corrected chi connectivity index (χ4v) is 2.88. The molecule has 0 aromatic heterocycles. The van der Waals surface area contributed by atoms with Gasteiger partial charge in [0.2, 0.25) is 5.91 Å². The van der Waals surface area contributed by atoms with E-state index in [0.717, 1.165) is 37.9 Å². The first-order valence-corrected chi connectivity index (χ1v) is 8.30. The Kier molecular flexibility index (Phi) is 7.07. The summed E-state index contributed by atoms with van der Waals surface area (Å²) in [4.78, 5) is 26.1. The molecule has 126 valence electrons. The highest BCUT2D eigenvalue weighted by Gasteiger charge is 2.24. The molecule has 5 heteroatoms. The van der Waals surface area contributed by atoms with E-state index in [-0.39, 0.29) is 11.8 Å². The Labute approximate surface area is 138 Å². The van der Waals surface area contributed by atoms with Gasteiger partial charge in [-0.05, 0) is 37.3 Å². The number of carbonyl (C=O) groups is 2. The third-order valence-corrected chi connectivity index (χ3v) is 4.24. The molecule has 1 aromatic rings. The van der Waals surface area contributed by atoms with Gasteiger partial charge in [0.15, 0.2) is 0 Å². The maximum Gasteiger partial charge on any atom is 0.253 e. The minimum atomic E-state index is 0.0908. The van der Waals surface area contributed by atoms with E-state index in [9.17, 15) is 9.59 Å². The second-order valence-corrected chi connectivity index (χ2v) is 6.00. The van der Waals surface area contributed by atoms with Gasteiger partial charge in [-0.3, -0.25) is 9.59 Å². The number of nitrogens with one attached hydrogen (secondary N) is 1. The van der Waals surface area contributed by atoms with Crippen LogP contribution in [-0.2, 0) is 9.53 Å². The quantitative estimate of drug-likeness (QED) is 0.783. The Bertz CT molecular complexity index is 496. The topological polar surface area (TPSA) is 58.6 Å². The van der Waals surface area contributed by atoms with Crippen molar-refractivity contribution >= 4 is 11.8 Å². The van der Waals surface area contributed by atoms with Gasteiger partial charge >= 0.3 is 0 Å². The van der Waals surface area contributed by atoms with Crippen molar-refractivity contribution in [1.82, 2.24) is 10.2 Å². The lowest BCUT2D eigenvalue weighted by atomic mass is 9.93. The van der Waals surface area contributed by atoms with Crippen LogP contribution in [0.4, 0.5) is 0 Å². The van der Waals surface area contributed by atoms with Crippen LogP contribution in [0.5, 0.6) is 0 Å². The molecule has 0 saturated carbocycles. The maximum atomic E-state index is 12.4. The molecule has 1 saturated heterocycles. The van der Waals surface area contributed by atoms with Gasteiger partial charge in [-0.25, -0.2) is 0 Å². The Morgan fingerprint density at radius 1 is 1.22 bits per heavy atom. The van der Waals surface area contributed by atoms with Crippen LogP contribution < -0.4 is 5.32 Å². The van der Waals surface area contributed by atoms with Crippen LogP contribution in [0.2, 0.25) is 0 Å². The van der Waals surface area contributed by atoms with Crippen molar-refractivity contribution < 1.29 is 14.3 Å². The second kappa shape index (κ2) is 9.30. The van der Waals surface area contributed by atoms with Crippen LogP contribution in [0.25, 0.3) is 0 Å². The highest BCUT2D eigenvalue weighted by atomic mass is 16.5. The molecule has 0 unspecified atom stereocenters. The summed E-state index contributed by atoms with van der Waals surface area (Å²) in [6.07, 6.45) is 3.18. The average molecular weight is 318 g/mol. The molecule has 2 amide bonds. The first-order valence-electron chi connectivity index (χ1n) is 8.30. The molecular formula is C18H26N2O3. The van der Waals surface area contributed by atoms with Gasteiger partial charge in [0.1, 0.15) is 0 Å². The first kappa shape index (κ1) is 17.5. The van der Waals surface area contributed by atoms with E-state index in [1.807, 2.05) is 35.2 Å². The Morgan fingerprint density at radius 3 is 2.57 bits per heavy atom. The van der Waals surface area contributed by atoms with Crippen molar-refractivity contribution in [1.29, 1.82) is 0 Å². The molecule has 1 fully saturated rings. The number of amides is 2. The molecule has 1 aliphatic rings. The molecule has 1 aliphatic heterocycles. The van der Waals surface area contributed by atoms with Gasteiger partial charge in [0.25, 0.3) is 5.91 Å². The lowest BCUT2D eigenvalue weighted by Crippen LogP contribution is -2.39. The summed E-state index contributed by atoms with van der Waals surface area (Å²) >= 11 is 0. The van der Waals surface area contributed by atoms with Gasteiger partial charge in [0.05, 0.1) is 0 Å². The van der Waals surface area contributed by atoms with E-state index in [4.69, 9.17) is 4.74 Å². The number of hydrogen-bond donors (Lipinski definition) is 1. The van der Waals surface area contributed by atoms with Crippen LogP contribution >= 0.6 is 0 Å². The summed E-state index contributed by atoms with van der Waals surface area (Å²) in [5, 5.41) is 2.93. The fourth-order valence-electron chi connectivity index (χ4n) is 2.88. The number of carbonyl (C=O) groups excluding carboxylic acids is 2. The summed E-state index contributed by atoms with van der Waals surface area (Å²) in [5.41, 5.74) is 0.738. The molecule has 0 aliphatic carbocycles. The number of methoxy groups -OCH3 is 1. The molecule has 1 aromatic carbocycles. The molecule has 23 heavy (non-hydrogen) atoms. The van der Waals surface area contributed by atoms with Gasteiger partial charge in [0, 0.05) is 45.3 Å². The lowest BCUT2D eigenvalue weighted by Gasteiger charge is -2.31. The molecule has 2 rings (SSSR count). The van der Waals surface area contributed by atoms with Crippen molar-refractivity contribution in [2.75, 3.05) is 33.4 Å². The summed E-state index contributed by atoms with van der Waals surface area (Å²) in [6, 6.07) is 9.37. The third kappa shape index (κ3) is 5.67. The number of likely N-dealkylation sites (tertiary alicyclic amines) is 1. The predicted octanol–water partition coefficient (Wildman–Crippen LogP) is 2.08. The second-order valence-electron chi connectivity index (χ2n) is 6.00. The van der Waals surface area contributed by atoms with E-state index in [1.54, 1.807) is 7.11 Å². The Hall–Kier alpha value is -1.88. The van der Waals surface area contributed by atoms with E-state index < -0.39 is 0 Å². The minimum Gasteiger partial charge on any atom is -0.385 e. The summed E-state index contributed by atoms with van der Waals surface area (Å²) in [7, 11) is 1.66. The number of benzene rings is 1. The molecule has 0 radical (unpaired) electrons. The molecule has 5 nitrogen and oxygen atoms in total. The molecular weight excluding hydrogens is 292 g/mol. The van der Waals surface area contributed by atoms with Gasteiger partial charge in [-0.2, -0.15) is 0 Å². The van der Waals surface area contributed by atoms with E-state index >= 15 is 0 Å². The van der Waals surface area contributed by atoms with Crippen molar-refractivity contribution in [3.8, 4) is 0 Å². The lowest BCUT2D eigenvalue weighted by molar-refractivity contribution is -0.122. The number of hydrogen-bond acceptors (Lipinski definition) is 3. The van der Waals surface area contributed by atoms with Crippen LogP contribution in [0.1, 0.15) is 36.0 Å². The zero-order chi connectivity index (χ0) is 16.5. The van der Waals surface area contributed by atoms with Crippen LogP contribution in [0.3, 0.4) is 0 Å². The van der Waals surface area contributed by atoms with Crippen molar-refractivity contribution in [2.24, 2.45) is 5.92 Å². The fraction of sp³-hybridized carbons (Fsp3) is 0.556. The van der Waals surface area contributed by atoms with Crippen molar-refractivity contribution in [3.05, 3.63) is 35.9 Å². The summed E-state index contributed by atoms with van der Waals surface area (Å²) < 4.78 is 4.96. The monoisotopic (exact) mass is 318 g/mol. The summed E-state index contributed by atoms with van der Waals surface area (Å²) in [5.74, 6) is 0.569. The predicted molar refractivity (Wildman–Crippen MR) is 89.2 cm³/mol. The first-order chi connectivity index (χ1) is 11.2. The molecule has 0 atom stereocenters. The molecule has 1 N–H and O–H groups in total. The standard InChI is InChI=1S/C18H26N2O3/c1-23-13-5-10-19-17(21)14-15-8-11-20(12-9-15)18(22)16-6-3-2-4-7-16/h2-4,6-7,15H,5,8-14H2,1H3,(H,19,21). The zero-order valence-electron chi connectivity index (χ0n) is 13.8. The smallest absolute Gasteiger partial charge is 0.253 e. The van der Waals surface area contributed by atoms with Gasteiger partial charge in [-0.1, -0.05) is 18.2 Å². The van der Waals surface area contributed by atoms with Crippen LogP contribution in [0, 0.1) is 5.92 Å². The highest BCUT2D eigenvalue weighted by molar-refractivity contribution is 5.94. The highest BCUT2D eigenvalue weighted by Crippen LogP contribution is 2.21. The van der Waals surface area contributed by atoms with Crippen molar-refractivity contribution in [2.45, 2.75) is 25.7 Å². The number of piperidine rings is 1. The maximum absolute atomic E-state index is 12.4. The van der Waals surface area contributed by atoms with Crippen LogP contribution in [0.15, 0.2) is 30.3 Å². The van der Waals surface area contributed by atoms with Crippen molar-refractivity contribution in [3.63, 3.8) is 0 Å². The van der Waals surface area contributed by atoms with E-state index in [2.05, 4.69) is 5.32 Å². The Morgan fingerprint density at radius 2 is 1.91 bits per heavy atom. The molecule has 0 spiro atoms. The average Bonchev–Trinajstić information content (AvgIpc) is 2.59. The Balaban J connectivity index is 1.69. The third-order valence-electron chi connectivity index (χ3n) is 4.24. The van der Waals surface area contributed by atoms with Gasteiger partial charge < -0.3 is 15.0 Å². The number of ether oxygens (including phenoxy) is 1. The minimum absolute atomic E-state index is 0.0908. The number of nitrogens with zero attached hydrogens (tertiary/aromatic N) is 1. The van der Waals surface area contributed by atoms with E-state index in [0.29, 0.717) is 25.5 Å². The summed E-state index contributed by atoms with van der Waals surface area (Å²) in [6.45, 7) is 2.79. The normalized spacial score (nSPS) is 15.4. The molecule has 0 bridgehead atoms. The molecule has 1 heterocycles. The van der Waals surface area contributed by atoms with E-state index in [1.165, 1.54) is 0 Å². The number of rotatable bonds is 7. The largest absolute Gasteiger partial charge is 0.385 e. The zero-order valence-corrected chi connectivity index (χ0v) is 13.8. The SMILES string of the molecule is COCCCNC(=O)CC1CCN(C(=O)c2ccccc2)CC1.